The van der Waals surface area contributed by atoms with Crippen LogP contribution >= 0.6 is 15.9 Å². The van der Waals surface area contributed by atoms with Crippen LogP contribution in [0.15, 0.2) is 31.9 Å². The van der Waals surface area contributed by atoms with Crippen LogP contribution in [0.3, 0.4) is 0 Å². The molecule has 0 N–H and O–H groups in total. The molecule has 0 spiro atoms. The van der Waals surface area contributed by atoms with E-state index in [0.717, 1.165) is 16.5 Å². The van der Waals surface area contributed by atoms with Crippen LogP contribution < -0.4 is 5.76 Å². The second-order valence-electron chi connectivity index (χ2n) is 4.79. The Bertz CT molecular complexity index is 649. The Kier molecular flexibility index (Phi) is 3.47. The summed E-state index contributed by atoms with van der Waals surface area (Å²) in [5.41, 5.74) is 1.44. The Morgan fingerprint density at radius 2 is 2.32 bits per heavy atom. The summed E-state index contributed by atoms with van der Waals surface area (Å²) in [5, 5.41) is 0. The maximum absolute atomic E-state index is 12.0. The van der Waals surface area contributed by atoms with Crippen molar-refractivity contribution in [3.63, 3.8) is 0 Å². The van der Waals surface area contributed by atoms with Crippen molar-refractivity contribution in [3.05, 3.63) is 33.2 Å². The van der Waals surface area contributed by atoms with Crippen molar-refractivity contribution in [3.8, 4) is 0 Å². The molecule has 0 bridgehead atoms. The third kappa shape index (κ3) is 2.48. The van der Waals surface area contributed by atoms with Crippen LogP contribution in [0.1, 0.15) is 6.92 Å². The molecule has 0 radical (unpaired) electrons. The highest BCUT2D eigenvalue weighted by atomic mass is 79.9. The minimum atomic E-state index is -0.313. The fourth-order valence-corrected chi connectivity index (χ4v) is 2.67. The van der Waals surface area contributed by atoms with Gasteiger partial charge in [-0.3, -0.25) is 9.47 Å². The number of hydrogen-bond acceptors (Lipinski definition) is 4. The normalized spacial score (nSPS) is 21.1. The molecule has 1 fully saturated rings. The smallest absolute Gasteiger partial charge is 0.408 e. The van der Waals surface area contributed by atoms with Gasteiger partial charge in [0.25, 0.3) is 0 Å². The SMILES string of the molecule is C[C@H]1COCCN1Cn1c(=O)oc2cc(Br)ccc21. The summed E-state index contributed by atoms with van der Waals surface area (Å²) in [6, 6.07) is 5.93. The van der Waals surface area contributed by atoms with Crippen molar-refractivity contribution in [1.29, 1.82) is 0 Å². The predicted molar refractivity (Wildman–Crippen MR) is 75.2 cm³/mol. The molecular formula is C13H15BrN2O3. The first-order valence-electron chi connectivity index (χ1n) is 6.26. The average molecular weight is 327 g/mol. The second-order valence-corrected chi connectivity index (χ2v) is 5.70. The van der Waals surface area contributed by atoms with Crippen LogP contribution in [0, 0.1) is 0 Å². The van der Waals surface area contributed by atoms with Gasteiger partial charge in [-0.2, -0.15) is 0 Å². The van der Waals surface area contributed by atoms with Gasteiger partial charge >= 0.3 is 5.76 Å². The van der Waals surface area contributed by atoms with Gasteiger partial charge in [-0.25, -0.2) is 4.79 Å². The number of morpholine rings is 1. The molecule has 0 amide bonds. The zero-order valence-corrected chi connectivity index (χ0v) is 12.2. The lowest BCUT2D eigenvalue weighted by Gasteiger charge is -2.32. The van der Waals surface area contributed by atoms with Gasteiger partial charge < -0.3 is 9.15 Å². The summed E-state index contributed by atoms with van der Waals surface area (Å²) in [4.78, 5) is 14.2. The van der Waals surface area contributed by atoms with Crippen molar-refractivity contribution in [2.45, 2.75) is 19.6 Å². The lowest BCUT2D eigenvalue weighted by atomic mass is 10.3. The first kappa shape index (κ1) is 12.9. The average Bonchev–Trinajstić information content (AvgIpc) is 2.68. The molecule has 1 aliphatic heterocycles. The molecule has 5 nitrogen and oxygen atoms in total. The summed E-state index contributed by atoms with van der Waals surface area (Å²) < 4.78 is 13.3. The summed E-state index contributed by atoms with van der Waals surface area (Å²) in [6.07, 6.45) is 0. The molecule has 3 rings (SSSR count). The van der Waals surface area contributed by atoms with Crippen LogP contribution in [0.2, 0.25) is 0 Å². The molecule has 0 saturated carbocycles. The third-order valence-electron chi connectivity index (χ3n) is 3.46. The zero-order valence-electron chi connectivity index (χ0n) is 10.6. The number of fused-ring (bicyclic) bond motifs is 1. The quantitative estimate of drug-likeness (QED) is 0.847. The Morgan fingerprint density at radius 3 is 3.11 bits per heavy atom. The number of nitrogens with zero attached hydrogens (tertiary/aromatic N) is 2. The Labute approximate surface area is 118 Å². The van der Waals surface area contributed by atoms with Gasteiger partial charge in [0.2, 0.25) is 0 Å². The van der Waals surface area contributed by atoms with Crippen LogP contribution in [-0.2, 0) is 11.4 Å². The van der Waals surface area contributed by atoms with Gasteiger partial charge in [-0.1, -0.05) is 15.9 Å². The van der Waals surface area contributed by atoms with E-state index in [1.54, 1.807) is 4.57 Å². The van der Waals surface area contributed by atoms with E-state index >= 15 is 0 Å². The van der Waals surface area contributed by atoms with Gasteiger partial charge in [0.05, 0.1) is 25.4 Å². The van der Waals surface area contributed by atoms with E-state index < -0.39 is 0 Å². The number of hydrogen-bond donors (Lipinski definition) is 0. The minimum Gasteiger partial charge on any atom is -0.408 e. The standard InChI is InChI=1S/C13H15BrN2O3/c1-9-7-18-5-4-15(9)8-16-11-3-2-10(14)6-12(11)19-13(16)17/h2-3,6,9H,4-5,7-8H2,1H3/t9-/m0/s1. The topological polar surface area (TPSA) is 47.6 Å². The molecule has 1 atom stereocenters. The molecule has 1 aromatic carbocycles. The Hall–Kier alpha value is -1.11. The summed E-state index contributed by atoms with van der Waals surface area (Å²) in [6.45, 7) is 4.88. The maximum Gasteiger partial charge on any atom is 0.421 e. The number of halogens is 1. The monoisotopic (exact) mass is 326 g/mol. The minimum absolute atomic E-state index is 0.307. The van der Waals surface area contributed by atoms with Crippen LogP contribution in [0.5, 0.6) is 0 Å². The van der Waals surface area contributed by atoms with E-state index in [4.69, 9.17) is 9.15 Å². The predicted octanol–water partition coefficient (Wildman–Crippen LogP) is 2.04. The van der Waals surface area contributed by atoms with Gasteiger partial charge in [-0.15, -0.1) is 0 Å². The van der Waals surface area contributed by atoms with Gasteiger partial charge in [0, 0.05) is 17.1 Å². The fraction of sp³-hybridized carbons (Fsp3) is 0.462. The van der Waals surface area contributed by atoms with E-state index in [9.17, 15) is 4.79 Å². The highest BCUT2D eigenvalue weighted by molar-refractivity contribution is 9.10. The molecule has 102 valence electrons. The summed E-state index contributed by atoms with van der Waals surface area (Å²) in [5.74, 6) is -0.313. The number of rotatable bonds is 2. The van der Waals surface area contributed by atoms with Crippen LogP contribution in [0.25, 0.3) is 11.1 Å². The van der Waals surface area contributed by atoms with E-state index in [2.05, 4.69) is 27.8 Å². The number of ether oxygens (including phenoxy) is 1. The third-order valence-corrected chi connectivity index (χ3v) is 3.95. The molecule has 2 heterocycles. The Morgan fingerprint density at radius 1 is 1.47 bits per heavy atom. The molecule has 1 aliphatic rings. The first-order chi connectivity index (χ1) is 9.15. The van der Waals surface area contributed by atoms with Gasteiger partial charge in [0.15, 0.2) is 5.58 Å². The van der Waals surface area contributed by atoms with Crippen molar-refractivity contribution < 1.29 is 9.15 Å². The van der Waals surface area contributed by atoms with E-state index in [1.807, 2.05) is 18.2 Å². The Balaban J connectivity index is 1.96. The summed E-state index contributed by atoms with van der Waals surface area (Å²) >= 11 is 3.38. The van der Waals surface area contributed by atoms with Crippen LogP contribution in [-0.4, -0.2) is 35.3 Å². The molecule has 1 aromatic heterocycles. The summed E-state index contributed by atoms with van der Waals surface area (Å²) in [7, 11) is 0. The van der Waals surface area contributed by atoms with Gasteiger partial charge in [0.1, 0.15) is 0 Å². The van der Waals surface area contributed by atoms with Crippen molar-refractivity contribution in [1.82, 2.24) is 9.47 Å². The van der Waals surface area contributed by atoms with Crippen LogP contribution in [0.4, 0.5) is 0 Å². The van der Waals surface area contributed by atoms with Crippen molar-refractivity contribution >= 4 is 27.0 Å². The lowest BCUT2D eigenvalue weighted by molar-refractivity contribution is -0.0155. The van der Waals surface area contributed by atoms with E-state index in [-0.39, 0.29) is 5.76 Å². The lowest BCUT2D eigenvalue weighted by Crippen LogP contribution is -2.45. The largest absolute Gasteiger partial charge is 0.421 e. The molecular weight excluding hydrogens is 312 g/mol. The molecule has 2 aromatic rings. The molecule has 1 saturated heterocycles. The number of benzene rings is 1. The number of aromatic nitrogens is 1. The van der Waals surface area contributed by atoms with E-state index in [1.165, 1.54) is 0 Å². The second kappa shape index (κ2) is 5.11. The van der Waals surface area contributed by atoms with Crippen molar-refractivity contribution in [2.24, 2.45) is 0 Å². The first-order valence-corrected chi connectivity index (χ1v) is 7.05. The highest BCUT2D eigenvalue weighted by Gasteiger charge is 2.21. The van der Waals surface area contributed by atoms with Crippen molar-refractivity contribution in [2.75, 3.05) is 19.8 Å². The number of oxazole rings is 1. The molecule has 6 heteroatoms. The zero-order chi connectivity index (χ0) is 13.4. The molecule has 19 heavy (non-hydrogen) atoms. The fourth-order valence-electron chi connectivity index (χ4n) is 2.33. The highest BCUT2D eigenvalue weighted by Crippen LogP contribution is 2.19. The molecule has 0 aliphatic carbocycles. The van der Waals surface area contributed by atoms with E-state index in [0.29, 0.717) is 31.5 Å². The van der Waals surface area contributed by atoms with Gasteiger partial charge in [-0.05, 0) is 25.1 Å². The maximum atomic E-state index is 12.0. The molecule has 0 unspecified atom stereocenters.